The van der Waals surface area contributed by atoms with E-state index in [1.807, 2.05) is 62.3 Å². The van der Waals surface area contributed by atoms with Crippen molar-refractivity contribution in [3.8, 4) is 0 Å². The van der Waals surface area contributed by atoms with Crippen molar-refractivity contribution >= 4 is 35.2 Å². The van der Waals surface area contributed by atoms with Gasteiger partial charge in [-0.3, -0.25) is 28.8 Å². The van der Waals surface area contributed by atoms with Crippen molar-refractivity contribution in [2.75, 3.05) is 25.0 Å². The molecule has 13 nitrogen and oxygen atoms in total. The van der Waals surface area contributed by atoms with E-state index in [1.54, 1.807) is 11.9 Å². The van der Waals surface area contributed by atoms with E-state index in [0.717, 1.165) is 19.3 Å². The fourth-order valence-electron chi connectivity index (χ4n) is 9.31. The van der Waals surface area contributed by atoms with E-state index in [9.17, 15) is 46.7 Å². The predicted molar refractivity (Wildman–Crippen MR) is 213 cm³/mol. The van der Waals surface area contributed by atoms with Gasteiger partial charge in [-0.1, -0.05) is 81.6 Å². The number of Topliss-reactive ketones (excluding diaryl/α,β-unsaturated/α-hetero) is 1. The summed E-state index contributed by atoms with van der Waals surface area (Å²) in [5.74, 6) is -4.02. The van der Waals surface area contributed by atoms with Gasteiger partial charge in [-0.2, -0.15) is 13.2 Å². The molecule has 0 bridgehead atoms. The molecule has 1 saturated heterocycles. The van der Waals surface area contributed by atoms with E-state index in [4.69, 9.17) is 0 Å². The Labute approximate surface area is 339 Å². The molecule has 1 aliphatic heterocycles. The normalized spacial score (nSPS) is 24.2. The average molecular weight is 821 g/mol. The first kappa shape index (κ1) is 45.1. The van der Waals surface area contributed by atoms with Crippen LogP contribution in [0.15, 0.2) is 9.59 Å². The number of likely N-dealkylation sites (tertiary alicyclic amines) is 1. The maximum absolute atomic E-state index is 14.9. The number of fused-ring (bicyclic) bond motifs is 1. The van der Waals surface area contributed by atoms with Gasteiger partial charge in [0, 0.05) is 38.2 Å². The second-order valence-corrected chi connectivity index (χ2v) is 20.4. The Balaban J connectivity index is 1.39. The van der Waals surface area contributed by atoms with E-state index in [-0.39, 0.29) is 36.4 Å². The second kappa shape index (κ2) is 15.9. The van der Waals surface area contributed by atoms with Crippen LogP contribution in [0.5, 0.6) is 0 Å². The van der Waals surface area contributed by atoms with Crippen LogP contribution >= 0.6 is 0 Å². The van der Waals surface area contributed by atoms with Crippen LogP contribution in [0.25, 0.3) is 0 Å². The standard InChI is InChI=1S/C42H63F3N6O7/c1-38(2,3)25(21-50(10)28-27(39(4,5)6)31(53)32(28)54)48-37(58)49-33(41(9)17-12-11-13-18-41)36(57)51-20-23-26(40(23,7)8)29(51)34(55)47-24(16-19-42(43,44)45)30(52)35(56)46-22-14-15-22/h22-26,29,33H,11-21H2,1-10H3,(H,46,56)(H,47,55)(H2,48,49,58)/t23-,24-,25+,26-,29-,33+/m0/s1. The molecule has 0 spiro atoms. The quantitative estimate of drug-likeness (QED) is 0.202. The summed E-state index contributed by atoms with van der Waals surface area (Å²) in [5, 5.41) is 11.0. The summed E-state index contributed by atoms with van der Waals surface area (Å²) in [4.78, 5) is 97.6. The summed E-state index contributed by atoms with van der Waals surface area (Å²) in [6.45, 7) is 17.5. The molecule has 0 aromatic heterocycles. The molecule has 3 saturated carbocycles. The van der Waals surface area contributed by atoms with Gasteiger partial charge in [0.2, 0.25) is 28.5 Å². The number of likely N-dealkylation sites (N-methyl/N-ethyl adjacent to an activating group) is 1. The Morgan fingerprint density at radius 3 is 2.02 bits per heavy atom. The largest absolute Gasteiger partial charge is 0.389 e. The Morgan fingerprint density at radius 1 is 0.879 bits per heavy atom. The summed E-state index contributed by atoms with van der Waals surface area (Å²) in [5.41, 5.74) is -2.57. The highest BCUT2D eigenvalue weighted by molar-refractivity contribution is 6.38. The highest BCUT2D eigenvalue weighted by Gasteiger charge is 2.70. The second-order valence-electron chi connectivity index (χ2n) is 20.4. The van der Waals surface area contributed by atoms with Crippen LogP contribution in [0.2, 0.25) is 0 Å². The lowest BCUT2D eigenvalue weighted by molar-refractivity contribution is -0.148. The van der Waals surface area contributed by atoms with Gasteiger partial charge < -0.3 is 31.1 Å². The molecule has 5 amide bonds. The minimum atomic E-state index is -4.65. The van der Waals surface area contributed by atoms with Crippen LogP contribution < -0.4 is 37.0 Å². The number of piperidine rings is 1. The molecule has 0 unspecified atom stereocenters. The zero-order chi connectivity index (χ0) is 43.5. The molecule has 0 radical (unpaired) electrons. The minimum Gasteiger partial charge on any atom is -0.369 e. The number of alkyl halides is 3. The number of anilines is 1. The van der Waals surface area contributed by atoms with Gasteiger partial charge in [0.05, 0.1) is 17.8 Å². The monoisotopic (exact) mass is 820 g/mol. The number of halogens is 3. The van der Waals surface area contributed by atoms with Crippen LogP contribution in [0.3, 0.4) is 0 Å². The van der Waals surface area contributed by atoms with Crippen molar-refractivity contribution in [3.63, 3.8) is 0 Å². The highest BCUT2D eigenvalue weighted by Crippen LogP contribution is 2.65. The SMILES string of the molecule is CN(C[C@@H](NC(=O)N[C@H](C(=O)N1C[C@H]2[C@@H]([C@H]1C(=O)N[C@@H](CCC(F)(F)F)C(=O)C(=O)NC1CC1)C2(C)C)C1(C)CCCCC1)C(C)(C)C)c1c(C(C)(C)C)c(=O)c1=O. The molecule has 5 rings (SSSR count). The zero-order valence-corrected chi connectivity index (χ0v) is 35.7. The molecule has 1 aromatic rings. The zero-order valence-electron chi connectivity index (χ0n) is 35.7. The number of urea groups is 1. The first-order valence-corrected chi connectivity index (χ1v) is 20.7. The molecule has 4 fully saturated rings. The van der Waals surface area contributed by atoms with Crippen molar-refractivity contribution in [2.45, 2.75) is 162 Å². The van der Waals surface area contributed by atoms with E-state index < -0.39 is 99.8 Å². The van der Waals surface area contributed by atoms with Crippen LogP contribution in [-0.4, -0.2) is 91.0 Å². The molecule has 3 aliphatic carbocycles. The molecule has 1 heterocycles. The molecule has 4 aliphatic rings. The van der Waals surface area contributed by atoms with Crippen molar-refractivity contribution in [1.29, 1.82) is 0 Å². The molecular weight excluding hydrogens is 757 g/mol. The van der Waals surface area contributed by atoms with Crippen molar-refractivity contribution in [3.05, 3.63) is 26.0 Å². The third-order valence-electron chi connectivity index (χ3n) is 13.3. The van der Waals surface area contributed by atoms with Crippen molar-refractivity contribution in [2.24, 2.45) is 28.1 Å². The number of nitrogens with one attached hydrogen (secondary N) is 4. The Kier molecular flexibility index (Phi) is 12.4. The van der Waals surface area contributed by atoms with E-state index >= 15 is 0 Å². The molecular formula is C42H63F3N6O7. The lowest BCUT2D eigenvalue weighted by atomic mass is 9.70. The molecule has 324 valence electrons. The Morgan fingerprint density at radius 2 is 1.48 bits per heavy atom. The lowest BCUT2D eigenvalue weighted by Crippen LogP contribution is -2.64. The topological polar surface area (TPSA) is 174 Å². The van der Waals surface area contributed by atoms with Crippen molar-refractivity contribution in [1.82, 2.24) is 26.2 Å². The van der Waals surface area contributed by atoms with Crippen LogP contribution in [0.1, 0.15) is 126 Å². The number of amides is 5. The first-order chi connectivity index (χ1) is 26.6. The maximum Gasteiger partial charge on any atom is 0.389 e. The van der Waals surface area contributed by atoms with Gasteiger partial charge in [0.25, 0.3) is 5.91 Å². The first-order valence-electron chi connectivity index (χ1n) is 20.7. The van der Waals surface area contributed by atoms with Gasteiger partial charge in [0.15, 0.2) is 0 Å². The third-order valence-corrected chi connectivity index (χ3v) is 13.3. The summed E-state index contributed by atoms with van der Waals surface area (Å²) in [6, 6.07) is -5.42. The Bertz CT molecular complexity index is 1850. The number of carbonyl (C=O) groups is 5. The van der Waals surface area contributed by atoms with E-state index in [0.29, 0.717) is 36.9 Å². The van der Waals surface area contributed by atoms with Crippen molar-refractivity contribution < 1.29 is 37.1 Å². The molecule has 1 aromatic carbocycles. The number of hydrogen-bond acceptors (Lipinski definition) is 8. The highest BCUT2D eigenvalue weighted by atomic mass is 19.4. The summed E-state index contributed by atoms with van der Waals surface area (Å²) < 4.78 is 40.2. The van der Waals surface area contributed by atoms with Gasteiger partial charge in [0.1, 0.15) is 12.1 Å². The number of hydrogen-bond donors (Lipinski definition) is 4. The lowest BCUT2D eigenvalue weighted by Gasteiger charge is -2.43. The van der Waals surface area contributed by atoms with E-state index in [2.05, 4.69) is 21.3 Å². The maximum atomic E-state index is 14.9. The minimum absolute atomic E-state index is 0.113. The fourth-order valence-corrected chi connectivity index (χ4v) is 9.31. The molecule has 6 atom stereocenters. The van der Waals surface area contributed by atoms with Crippen LogP contribution in [0.4, 0.5) is 23.7 Å². The fraction of sp³-hybridized carbons (Fsp3) is 0.786. The molecule has 16 heteroatoms. The van der Waals surface area contributed by atoms with Gasteiger partial charge in [-0.15, -0.1) is 0 Å². The third kappa shape index (κ3) is 9.56. The van der Waals surface area contributed by atoms with Gasteiger partial charge >= 0.3 is 12.2 Å². The Hall–Kier alpha value is -3.98. The van der Waals surface area contributed by atoms with Crippen LogP contribution in [-0.2, 0) is 24.6 Å². The summed E-state index contributed by atoms with van der Waals surface area (Å²) in [7, 11) is 1.70. The summed E-state index contributed by atoms with van der Waals surface area (Å²) >= 11 is 0. The smallest absolute Gasteiger partial charge is 0.369 e. The van der Waals surface area contributed by atoms with Crippen LogP contribution in [0, 0.1) is 28.1 Å². The number of rotatable bonds is 14. The number of carbonyl (C=O) groups excluding carboxylic acids is 5. The average Bonchev–Trinajstić information content (AvgIpc) is 3.96. The van der Waals surface area contributed by atoms with E-state index in [1.165, 1.54) is 4.90 Å². The predicted octanol–water partition coefficient (Wildman–Crippen LogP) is 4.23. The summed E-state index contributed by atoms with van der Waals surface area (Å²) in [6.07, 6.45) is -1.79. The number of ketones is 1. The molecule has 58 heavy (non-hydrogen) atoms. The molecule has 4 N–H and O–H groups in total. The van der Waals surface area contributed by atoms with Gasteiger partial charge in [-0.05, 0) is 65.6 Å². The van der Waals surface area contributed by atoms with Gasteiger partial charge in [-0.25, -0.2) is 4.79 Å². The number of nitrogens with zero attached hydrogens (tertiary/aromatic N) is 2.